The molecule has 0 radical (unpaired) electrons. The van der Waals surface area contributed by atoms with Crippen LogP contribution in [0.2, 0.25) is 0 Å². The fraction of sp³-hybridized carbons (Fsp3) is 0.300. The average molecular weight is 335 g/mol. The van der Waals surface area contributed by atoms with Crippen molar-refractivity contribution in [1.29, 1.82) is 5.26 Å². The molecule has 122 valence electrons. The first-order chi connectivity index (χ1) is 11.8. The van der Waals surface area contributed by atoms with Gasteiger partial charge in [0.05, 0.1) is 12.4 Å². The van der Waals surface area contributed by atoms with Crippen LogP contribution in [0.3, 0.4) is 0 Å². The predicted molar refractivity (Wildman–Crippen MR) is 98.8 cm³/mol. The molecular weight excluding hydrogens is 314 g/mol. The maximum atomic E-state index is 10.2. The van der Waals surface area contributed by atoms with Gasteiger partial charge in [-0.2, -0.15) is 5.26 Å². The van der Waals surface area contributed by atoms with E-state index in [1.54, 1.807) is 23.9 Å². The quantitative estimate of drug-likeness (QED) is 0.590. The van der Waals surface area contributed by atoms with Gasteiger partial charge in [0, 0.05) is 23.8 Å². The summed E-state index contributed by atoms with van der Waals surface area (Å²) in [5, 5.41) is 12.3. The largest absolute Gasteiger partial charge is 0.336 e. The molecule has 0 aliphatic rings. The molecule has 3 aromatic rings. The van der Waals surface area contributed by atoms with Crippen molar-refractivity contribution in [2.45, 2.75) is 38.1 Å². The Balaban J connectivity index is 2.06. The lowest BCUT2D eigenvalue weighted by Crippen LogP contribution is -2.29. The zero-order valence-corrected chi connectivity index (χ0v) is 14.7. The van der Waals surface area contributed by atoms with E-state index in [0.29, 0.717) is 6.54 Å². The SMILES string of the molecule is CCCCC(C#N)(Cn1ccnc1)c1sccc1-c1ccccc1. The third-order valence-electron chi connectivity index (χ3n) is 4.37. The minimum Gasteiger partial charge on any atom is -0.336 e. The lowest BCUT2D eigenvalue weighted by atomic mass is 9.80. The summed E-state index contributed by atoms with van der Waals surface area (Å²) in [4.78, 5) is 5.30. The van der Waals surface area contributed by atoms with Crippen molar-refractivity contribution < 1.29 is 0 Å². The molecule has 2 heterocycles. The van der Waals surface area contributed by atoms with Gasteiger partial charge in [0.15, 0.2) is 0 Å². The van der Waals surface area contributed by atoms with Crippen molar-refractivity contribution in [2.75, 3.05) is 0 Å². The molecule has 2 aromatic heterocycles. The molecule has 0 aliphatic carbocycles. The molecular formula is C20H21N3S. The standard InChI is InChI=1S/C20H21N3S/c1-2-3-10-20(14-21,15-23-12-11-22-16-23)19-18(9-13-24-19)17-7-5-4-6-8-17/h4-9,11-13,16H,2-3,10,15H2,1H3. The topological polar surface area (TPSA) is 41.6 Å². The third kappa shape index (κ3) is 3.27. The molecule has 1 unspecified atom stereocenters. The Morgan fingerprint density at radius 3 is 2.75 bits per heavy atom. The van der Waals surface area contributed by atoms with Gasteiger partial charge in [-0.25, -0.2) is 4.98 Å². The van der Waals surface area contributed by atoms with Gasteiger partial charge in [-0.3, -0.25) is 0 Å². The van der Waals surface area contributed by atoms with Gasteiger partial charge < -0.3 is 4.57 Å². The second-order valence-corrected chi connectivity index (χ2v) is 6.98. The molecule has 0 fully saturated rings. The van der Waals surface area contributed by atoms with E-state index in [0.717, 1.165) is 19.3 Å². The van der Waals surface area contributed by atoms with Gasteiger partial charge in [0.25, 0.3) is 0 Å². The summed E-state index contributed by atoms with van der Waals surface area (Å²) in [5.74, 6) is 0. The maximum Gasteiger partial charge on any atom is 0.110 e. The van der Waals surface area contributed by atoms with Crippen molar-refractivity contribution in [3.05, 3.63) is 65.4 Å². The van der Waals surface area contributed by atoms with Crippen LogP contribution in [0.5, 0.6) is 0 Å². The van der Waals surface area contributed by atoms with Crippen LogP contribution in [0.4, 0.5) is 0 Å². The zero-order valence-electron chi connectivity index (χ0n) is 13.9. The van der Waals surface area contributed by atoms with E-state index in [9.17, 15) is 5.26 Å². The second-order valence-electron chi connectivity index (χ2n) is 6.06. The smallest absolute Gasteiger partial charge is 0.110 e. The highest BCUT2D eigenvalue weighted by molar-refractivity contribution is 7.10. The first-order valence-electron chi connectivity index (χ1n) is 8.29. The molecule has 1 aromatic carbocycles. The number of hydrogen-bond donors (Lipinski definition) is 0. The number of benzene rings is 1. The van der Waals surface area contributed by atoms with Crippen LogP contribution in [-0.2, 0) is 12.0 Å². The van der Waals surface area contributed by atoms with E-state index in [2.05, 4.69) is 41.6 Å². The van der Waals surface area contributed by atoms with E-state index in [1.807, 2.05) is 29.0 Å². The maximum absolute atomic E-state index is 10.2. The molecule has 0 saturated heterocycles. The number of rotatable bonds is 7. The molecule has 3 rings (SSSR count). The van der Waals surface area contributed by atoms with Crippen molar-refractivity contribution in [2.24, 2.45) is 0 Å². The highest BCUT2D eigenvalue weighted by atomic mass is 32.1. The lowest BCUT2D eigenvalue weighted by molar-refractivity contribution is 0.419. The number of nitrogens with zero attached hydrogens (tertiary/aromatic N) is 3. The summed E-state index contributed by atoms with van der Waals surface area (Å²) in [6, 6.07) is 15.2. The minimum atomic E-state index is -0.518. The number of hydrogen-bond acceptors (Lipinski definition) is 3. The number of thiophene rings is 1. The highest BCUT2D eigenvalue weighted by Crippen LogP contribution is 2.41. The van der Waals surface area contributed by atoms with Gasteiger partial charge in [-0.1, -0.05) is 50.1 Å². The molecule has 24 heavy (non-hydrogen) atoms. The van der Waals surface area contributed by atoms with E-state index in [-0.39, 0.29) is 0 Å². The Kier molecular flexibility index (Phi) is 5.12. The molecule has 0 N–H and O–H groups in total. The Morgan fingerprint density at radius 1 is 1.25 bits per heavy atom. The van der Waals surface area contributed by atoms with Gasteiger partial charge in [-0.15, -0.1) is 11.3 Å². The van der Waals surface area contributed by atoms with Crippen LogP contribution in [-0.4, -0.2) is 9.55 Å². The van der Waals surface area contributed by atoms with E-state index < -0.39 is 5.41 Å². The molecule has 4 heteroatoms. The summed E-state index contributed by atoms with van der Waals surface area (Å²) in [5.41, 5.74) is 1.84. The van der Waals surface area contributed by atoms with Crippen LogP contribution in [0, 0.1) is 11.3 Å². The Bertz CT molecular complexity index is 799. The van der Waals surface area contributed by atoms with Crippen LogP contribution in [0.25, 0.3) is 11.1 Å². The third-order valence-corrected chi connectivity index (χ3v) is 5.49. The Hall–Kier alpha value is -2.38. The number of nitriles is 1. The van der Waals surface area contributed by atoms with Crippen molar-refractivity contribution >= 4 is 11.3 Å². The summed E-state index contributed by atoms with van der Waals surface area (Å²) < 4.78 is 2.02. The molecule has 0 bridgehead atoms. The van der Waals surface area contributed by atoms with Crippen LogP contribution in [0.15, 0.2) is 60.5 Å². The van der Waals surface area contributed by atoms with Crippen molar-refractivity contribution in [3.8, 4) is 17.2 Å². The Morgan fingerprint density at radius 2 is 2.08 bits per heavy atom. The number of unbranched alkanes of at least 4 members (excludes halogenated alkanes) is 1. The van der Waals surface area contributed by atoms with Gasteiger partial charge in [-0.05, 0) is 29.0 Å². The lowest BCUT2D eigenvalue weighted by Gasteiger charge is -2.27. The summed E-state index contributed by atoms with van der Waals surface area (Å²) in [7, 11) is 0. The number of aromatic nitrogens is 2. The fourth-order valence-corrected chi connectivity index (χ4v) is 4.19. The van der Waals surface area contributed by atoms with E-state index in [4.69, 9.17) is 0 Å². The molecule has 0 aliphatic heterocycles. The summed E-state index contributed by atoms with van der Waals surface area (Å²) in [6.07, 6.45) is 8.49. The van der Waals surface area contributed by atoms with Gasteiger partial charge in [0.1, 0.15) is 5.41 Å². The second kappa shape index (κ2) is 7.46. The van der Waals surface area contributed by atoms with Crippen LogP contribution >= 0.6 is 11.3 Å². The molecule has 0 saturated carbocycles. The minimum absolute atomic E-state index is 0.518. The zero-order chi connectivity index (χ0) is 16.8. The monoisotopic (exact) mass is 335 g/mol. The van der Waals surface area contributed by atoms with Crippen LogP contribution in [0.1, 0.15) is 31.1 Å². The van der Waals surface area contributed by atoms with Gasteiger partial charge in [0.2, 0.25) is 0 Å². The summed E-state index contributed by atoms with van der Waals surface area (Å²) >= 11 is 1.69. The van der Waals surface area contributed by atoms with E-state index in [1.165, 1.54) is 16.0 Å². The molecule has 0 spiro atoms. The molecule has 0 amide bonds. The highest BCUT2D eigenvalue weighted by Gasteiger charge is 2.36. The fourth-order valence-electron chi connectivity index (χ4n) is 3.10. The van der Waals surface area contributed by atoms with Crippen molar-refractivity contribution in [1.82, 2.24) is 9.55 Å². The van der Waals surface area contributed by atoms with Crippen molar-refractivity contribution in [3.63, 3.8) is 0 Å². The Labute approximate surface area is 147 Å². The average Bonchev–Trinajstić information content (AvgIpc) is 3.31. The first kappa shape index (κ1) is 16.5. The van der Waals surface area contributed by atoms with Crippen LogP contribution < -0.4 is 0 Å². The van der Waals surface area contributed by atoms with Gasteiger partial charge >= 0.3 is 0 Å². The molecule has 1 atom stereocenters. The predicted octanol–water partition coefficient (Wildman–Crippen LogP) is 5.26. The van der Waals surface area contributed by atoms with E-state index >= 15 is 0 Å². The first-order valence-corrected chi connectivity index (χ1v) is 9.17. The number of imidazole rings is 1. The normalized spacial score (nSPS) is 13.3. The molecule has 3 nitrogen and oxygen atoms in total. The summed E-state index contributed by atoms with van der Waals surface area (Å²) in [6.45, 7) is 2.82.